The molecule has 0 saturated heterocycles. The maximum atomic E-state index is 11.6. The van der Waals surface area contributed by atoms with Crippen LogP contribution < -0.4 is 5.32 Å². The van der Waals surface area contributed by atoms with E-state index in [9.17, 15) is 4.79 Å². The zero-order valence-corrected chi connectivity index (χ0v) is 11.6. The highest BCUT2D eigenvalue weighted by Gasteiger charge is 2.07. The second-order valence-corrected chi connectivity index (χ2v) is 4.68. The SMILES string of the molecule is CCN(C)C(=O)CNc1cc(Cl)ccc1Br. The summed E-state index contributed by atoms with van der Waals surface area (Å²) in [6, 6.07) is 5.42. The highest BCUT2D eigenvalue weighted by Crippen LogP contribution is 2.25. The molecule has 0 aliphatic carbocycles. The summed E-state index contributed by atoms with van der Waals surface area (Å²) in [6.07, 6.45) is 0. The van der Waals surface area contributed by atoms with Crippen LogP contribution in [0, 0.1) is 0 Å². The zero-order chi connectivity index (χ0) is 12.1. The minimum absolute atomic E-state index is 0.0503. The first kappa shape index (κ1) is 13.3. The molecule has 1 aromatic carbocycles. The molecule has 0 aromatic heterocycles. The largest absolute Gasteiger partial charge is 0.375 e. The van der Waals surface area contributed by atoms with E-state index in [-0.39, 0.29) is 12.5 Å². The molecule has 0 aliphatic heterocycles. The van der Waals surface area contributed by atoms with Crippen LogP contribution in [-0.2, 0) is 4.79 Å². The lowest BCUT2D eigenvalue weighted by atomic mass is 10.3. The van der Waals surface area contributed by atoms with Crippen molar-refractivity contribution in [3.8, 4) is 0 Å². The maximum absolute atomic E-state index is 11.6. The molecule has 5 heteroatoms. The first-order chi connectivity index (χ1) is 7.54. The number of benzene rings is 1. The fourth-order valence-corrected chi connectivity index (χ4v) is 1.67. The van der Waals surface area contributed by atoms with Crippen molar-refractivity contribution in [2.24, 2.45) is 0 Å². The molecule has 0 unspecified atom stereocenters. The van der Waals surface area contributed by atoms with E-state index in [1.54, 1.807) is 24.1 Å². The lowest BCUT2D eigenvalue weighted by Gasteiger charge is -2.15. The molecule has 1 aromatic rings. The Morgan fingerprint density at radius 2 is 2.25 bits per heavy atom. The van der Waals surface area contributed by atoms with Gasteiger partial charge < -0.3 is 10.2 Å². The van der Waals surface area contributed by atoms with E-state index < -0.39 is 0 Å². The molecule has 1 rings (SSSR count). The van der Waals surface area contributed by atoms with E-state index in [4.69, 9.17) is 11.6 Å². The molecule has 0 saturated carbocycles. The Morgan fingerprint density at radius 1 is 1.56 bits per heavy atom. The van der Waals surface area contributed by atoms with Crippen molar-refractivity contribution in [1.29, 1.82) is 0 Å². The third kappa shape index (κ3) is 3.68. The van der Waals surface area contributed by atoms with Crippen LogP contribution in [0.2, 0.25) is 5.02 Å². The molecular weight excluding hydrogens is 291 g/mol. The van der Waals surface area contributed by atoms with Gasteiger partial charge in [0.1, 0.15) is 0 Å². The summed E-state index contributed by atoms with van der Waals surface area (Å²) < 4.78 is 0.892. The van der Waals surface area contributed by atoms with Crippen LogP contribution in [-0.4, -0.2) is 30.9 Å². The maximum Gasteiger partial charge on any atom is 0.241 e. The number of hydrogen-bond donors (Lipinski definition) is 1. The normalized spacial score (nSPS) is 10.0. The van der Waals surface area contributed by atoms with Crippen LogP contribution >= 0.6 is 27.5 Å². The van der Waals surface area contributed by atoms with Crippen LogP contribution in [0.5, 0.6) is 0 Å². The fourth-order valence-electron chi connectivity index (χ4n) is 1.12. The minimum Gasteiger partial charge on any atom is -0.375 e. The quantitative estimate of drug-likeness (QED) is 0.927. The van der Waals surface area contributed by atoms with E-state index in [0.717, 1.165) is 10.2 Å². The molecule has 16 heavy (non-hydrogen) atoms. The van der Waals surface area contributed by atoms with Gasteiger partial charge in [-0.3, -0.25) is 4.79 Å². The molecule has 1 N–H and O–H groups in total. The third-order valence-electron chi connectivity index (χ3n) is 2.26. The molecule has 0 atom stereocenters. The summed E-state index contributed by atoms with van der Waals surface area (Å²) in [5, 5.41) is 3.69. The Morgan fingerprint density at radius 3 is 2.88 bits per heavy atom. The van der Waals surface area contributed by atoms with Gasteiger partial charge in [0.15, 0.2) is 0 Å². The lowest BCUT2D eigenvalue weighted by Crippen LogP contribution is -2.31. The summed E-state index contributed by atoms with van der Waals surface area (Å²) in [6.45, 7) is 2.91. The number of carbonyl (C=O) groups is 1. The second kappa shape index (κ2) is 6.11. The topological polar surface area (TPSA) is 32.3 Å². The predicted molar refractivity (Wildman–Crippen MR) is 71.0 cm³/mol. The van der Waals surface area contributed by atoms with E-state index in [2.05, 4.69) is 21.2 Å². The lowest BCUT2D eigenvalue weighted by molar-refractivity contribution is -0.127. The van der Waals surface area contributed by atoms with E-state index in [1.165, 1.54) is 0 Å². The number of nitrogens with zero attached hydrogens (tertiary/aromatic N) is 1. The third-order valence-corrected chi connectivity index (χ3v) is 3.19. The van der Waals surface area contributed by atoms with Crippen molar-refractivity contribution >= 4 is 39.1 Å². The van der Waals surface area contributed by atoms with Gasteiger partial charge in [-0.1, -0.05) is 11.6 Å². The van der Waals surface area contributed by atoms with Crippen LogP contribution in [0.3, 0.4) is 0 Å². The average molecular weight is 306 g/mol. The summed E-state index contributed by atoms with van der Waals surface area (Å²) in [7, 11) is 1.77. The monoisotopic (exact) mass is 304 g/mol. The smallest absolute Gasteiger partial charge is 0.241 e. The molecule has 0 spiro atoms. The van der Waals surface area contributed by atoms with Gasteiger partial charge in [0.2, 0.25) is 5.91 Å². The fraction of sp³-hybridized carbons (Fsp3) is 0.364. The zero-order valence-electron chi connectivity index (χ0n) is 9.26. The summed E-state index contributed by atoms with van der Waals surface area (Å²) in [5.41, 5.74) is 0.824. The number of hydrogen-bond acceptors (Lipinski definition) is 2. The molecule has 1 amide bonds. The molecule has 0 fully saturated rings. The second-order valence-electron chi connectivity index (χ2n) is 3.39. The molecular formula is C11H14BrClN2O. The number of halogens is 2. The molecule has 88 valence electrons. The Hall–Kier alpha value is -0.740. The molecule has 0 aliphatic rings. The van der Waals surface area contributed by atoms with Crippen LogP contribution in [0.25, 0.3) is 0 Å². The Labute approximate surface area is 109 Å². The van der Waals surface area contributed by atoms with Gasteiger partial charge in [-0.15, -0.1) is 0 Å². The van der Waals surface area contributed by atoms with Gasteiger partial charge >= 0.3 is 0 Å². The summed E-state index contributed by atoms with van der Waals surface area (Å²) in [4.78, 5) is 13.2. The minimum atomic E-state index is 0.0503. The predicted octanol–water partition coefficient (Wildman–Crippen LogP) is 2.99. The standard InChI is InChI=1S/C11H14BrClN2O/c1-3-15(2)11(16)7-14-10-6-8(13)4-5-9(10)12/h4-6,14H,3,7H2,1-2H3. The van der Waals surface area contributed by atoms with Gasteiger partial charge in [-0.25, -0.2) is 0 Å². The summed E-state index contributed by atoms with van der Waals surface area (Å²) >= 11 is 9.25. The first-order valence-corrected chi connectivity index (χ1v) is 6.14. The number of carbonyl (C=O) groups excluding carboxylic acids is 1. The summed E-state index contributed by atoms with van der Waals surface area (Å²) in [5.74, 6) is 0.0503. The highest BCUT2D eigenvalue weighted by atomic mass is 79.9. The number of likely N-dealkylation sites (N-methyl/N-ethyl adjacent to an activating group) is 1. The van der Waals surface area contributed by atoms with Crippen molar-refractivity contribution in [3.05, 3.63) is 27.7 Å². The van der Waals surface area contributed by atoms with Crippen molar-refractivity contribution in [3.63, 3.8) is 0 Å². The molecule has 0 bridgehead atoms. The number of nitrogens with one attached hydrogen (secondary N) is 1. The van der Waals surface area contributed by atoms with Gasteiger partial charge in [0.25, 0.3) is 0 Å². The van der Waals surface area contributed by atoms with Crippen LogP contribution in [0.15, 0.2) is 22.7 Å². The van der Waals surface area contributed by atoms with Crippen LogP contribution in [0.4, 0.5) is 5.69 Å². The van der Waals surface area contributed by atoms with Crippen LogP contribution in [0.1, 0.15) is 6.92 Å². The van der Waals surface area contributed by atoms with E-state index in [1.807, 2.05) is 13.0 Å². The number of rotatable bonds is 4. The highest BCUT2D eigenvalue weighted by molar-refractivity contribution is 9.10. The molecule has 0 heterocycles. The average Bonchev–Trinajstić information content (AvgIpc) is 2.28. The Bertz CT molecular complexity index is 384. The van der Waals surface area contributed by atoms with Gasteiger partial charge in [0, 0.05) is 23.1 Å². The van der Waals surface area contributed by atoms with Crippen molar-refractivity contribution in [2.75, 3.05) is 25.5 Å². The van der Waals surface area contributed by atoms with Crippen molar-refractivity contribution < 1.29 is 4.79 Å². The van der Waals surface area contributed by atoms with E-state index >= 15 is 0 Å². The molecule has 0 radical (unpaired) electrons. The van der Waals surface area contributed by atoms with Gasteiger partial charge in [-0.2, -0.15) is 0 Å². The Balaban J connectivity index is 2.61. The van der Waals surface area contributed by atoms with E-state index in [0.29, 0.717) is 11.6 Å². The van der Waals surface area contributed by atoms with Gasteiger partial charge in [-0.05, 0) is 41.1 Å². The molecule has 3 nitrogen and oxygen atoms in total. The number of anilines is 1. The first-order valence-electron chi connectivity index (χ1n) is 4.97. The Kier molecular flexibility index (Phi) is 5.09. The van der Waals surface area contributed by atoms with Crippen molar-refractivity contribution in [1.82, 2.24) is 4.90 Å². The van der Waals surface area contributed by atoms with Gasteiger partial charge in [0.05, 0.1) is 12.2 Å². The van der Waals surface area contributed by atoms with Crippen molar-refractivity contribution in [2.45, 2.75) is 6.92 Å². The number of amides is 1.